The lowest BCUT2D eigenvalue weighted by Gasteiger charge is -2.33. The molecule has 0 unspecified atom stereocenters. The molecule has 5 rings (SSSR count). The van der Waals surface area contributed by atoms with Crippen LogP contribution in [0.2, 0.25) is 5.02 Å². The molecule has 0 bridgehead atoms. The highest BCUT2D eigenvalue weighted by Crippen LogP contribution is 2.42. The number of hydrogen-bond acceptors (Lipinski definition) is 7. The van der Waals surface area contributed by atoms with E-state index in [4.69, 9.17) is 25.5 Å². The van der Waals surface area contributed by atoms with Gasteiger partial charge in [0.2, 0.25) is 5.89 Å². The van der Waals surface area contributed by atoms with Gasteiger partial charge in [-0.15, -0.1) is 13.2 Å². The summed E-state index contributed by atoms with van der Waals surface area (Å²) in [5.74, 6) is 0.427. The summed E-state index contributed by atoms with van der Waals surface area (Å²) in [4.78, 5) is 29.3. The van der Waals surface area contributed by atoms with Crippen molar-refractivity contribution in [2.75, 3.05) is 6.61 Å². The summed E-state index contributed by atoms with van der Waals surface area (Å²) in [7, 11) is 0. The van der Waals surface area contributed by atoms with Gasteiger partial charge in [-0.05, 0) is 43.9 Å². The normalized spacial score (nSPS) is 28.6. The van der Waals surface area contributed by atoms with Crippen molar-refractivity contribution in [1.82, 2.24) is 10.3 Å². The first kappa shape index (κ1) is 24.1. The van der Waals surface area contributed by atoms with Crippen LogP contribution in [0.3, 0.4) is 0 Å². The number of ether oxygens (including phenoxy) is 3. The summed E-state index contributed by atoms with van der Waals surface area (Å²) in [6, 6.07) is 4.42. The summed E-state index contributed by atoms with van der Waals surface area (Å²) >= 11 is 5.93. The maximum atomic E-state index is 12.7. The minimum Gasteiger partial charge on any atom is -0.479 e. The second kappa shape index (κ2) is 9.44. The van der Waals surface area contributed by atoms with Crippen molar-refractivity contribution in [3.05, 3.63) is 46.6 Å². The van der Waals surface area contributed by atoms with E-state index in [1.165, 1.54) is 12.3 Å². The van der Waals surface area contributed by atoms with Gasteiger partial charge in [-0.3, -0.25) is 14.3 Å². The molecule has 12 heteroatoms. The number of nitrogens with zero attached hydrogens (tertiary/aromatic N) is 1. The number of aromatic nitrogens is 1. The van der Waals surface area contributed by atoms with E-state index >= 15 is 0 Å². The maximum absolute atomic E-state index is 12.7. The van der Waals surface area contributed by atoms with Crippen LogP contribution in [0.1, 0.15) is 66.1 Å². The van der Waals surface area contributed by atoms with E-state index < -0.39 is 30.6 Å². The Labute approximate surface area is 203 Å². The minimum absolute atomic E-state index is 0.0789. The zero-order valence-electron chi connectivity index (χ0n) is 18.3. The van der Waals surface area contributed by atoms with Gasteiger partial charge in [-0.1, -0.05) is 11.6 Å². The summed E-state index contributed by atoms with van der Waals surface area (Å²) < 4.78 is 58.1. The lowest BCUT2D eigenvalue weighted by molar-refractivity contribution is -0.352. The van der Waals surface area contributed by atoms with Gasteiger partial charge in [0.05, 0.1) is 36.9 Å². The molecule has 1 aromatic heterocycles. The Balaban J connectivity index is 1.09. The van der Waals surface area contributed by atoms with Gasteiger partial charge >= 0.3 is 6.36 Å². The minimum atomic E-state index is -4.64. The monoisotopic (exact) mass is 514 g/mol. The fraction of sp³-hybridized carbons (Fsp3) is 0.522. The molecular formula is C23H22ClF3N2O6. The number of oxazole rings is 1. The first-order valence-electron chi connectivity index (χ1n) is 11.3. The second-order valence-electron chi connectivity index (χ2n) is 8.93. The molecule has 8 nitrogen and oxygen atoms in total. The van der Waals surface area contributed by atoms with E-state index in [0.717, 1.165) is 0 Å². The van der Waals surface area contributed by atoms with Crippen molar-refractivity contribution in [3.63, 3.8) is 0 Å². The van der Waals surface area contributed by atoms with Crippen molar-refractivity contribution in [2.24, 2.45) is 0 Å². The number of hydrogen-bond donors (Lipinski definition) is 1. The molecule has 2 aromatic rings. The van der Waals surface area contributed by atoms with Gasteiger partial charge < -0.3 is 19.2 Å². The highest BCUT2D eigenvalue weighted by molar-refractivity contribution is 6.31. The fourth-order valence-corrected chi connectivity index (χ4v) is 4.69. The smallest absolute Gasteiger partial charge is 0.479 e. The van der Waals surface area contributed by atoms with Crippen LogP contribution in [0.4, 0.5) is 13.2 Å². The third-order valence-corrected chi connectivity index (χ3v) is 6.65. The summed E-state index contributed by atoms with van der Waals surface area (Å²) in [5, 5.41) is 3.28. The van der Waals surface area contributed by atoms with E-state index in [-0.39, 0.29) is 43.6 Å². The number of benzene rings is 1. The first-order chi connectivity index (χ1) is 16.6. The highest BCUT2D eigenvalue weighted by Gasteiger charge is 2.42. The topological polar surface area (TPSA) is 99.9 Å². The second-order valence-corrected chi connectivity index (χ2v) is 9.37. The van der Waals surface area contributed by atoms with E-state index in [9.17, 15) is 22.8 Å². The van der Waals surface area contributed by atoms with Crippen LogP contribution in [-0.4, -0.2) is 47.9 Å². The Bertz CT molecular complexity index is 1110. The molecule has 0 radical (unpaired) electrons. The van der Waals surface area contributed by atoms with Gasteiger partial charge in [-0.25, -0.2) is 4.98 Å². The van der Waals surface area contributed by atoms with E-state index in [2.05, 4.69) is 15.0 Å². The molecule has 1 saturated heterocycles. The van der Waals surface area contributed by atoms with Gasteiger partial charge in [0.15, 0.2) is 11.9 Å². The number of alkyl halides is 3. The fourth-order valence-electron chi connectivity index (χ4n) is 4.52. The quantitative estimate of drug-likeness (QED) is 0.628. The Morgan fingerprint density at radius 1 is 1.23 bits per heavy atom. The van der Waals surface area contributed by atoms with Crippen molar-refractivity contribution in [1.29, 1.82) is 0 Å². The third kappa shape index (κ3) is 5.46. The maximum Gasteiger partial charge on any atom is 0.522 e. The van der Waals surface area contributed by atoms with Crippen LogP contribution in [0.5, 0.6) is 5.75 Å². The van der Waals surface area contributed by atoms with Gasteiger partial charge in [0.25, 0.3) is 5.91 Å². The predicted octanol–water partition coefficient (Wildman–Crippen LogP) is 4.48. The van der Waals surface area contributed by atoms with Crippen LogP contribution in [0.25, 0.3) is 0 Å². The summed E-state index contributed by atoms with van der Waals surface area (Å²) in [6.45, 7) is 0.214. The average molecular weight is 515 g/mol. The molecule has 2 aliphatic heterocycles. The predicted molar refractivity (Wildman–Crippen MR) is 114 cm³/mol. The summed E-state index contributed by atoms with van der Waals surface area (Å²) in [6.07, 6.45) is -3.85. The van der Waals surface area contributed by atoms with E-state index in [1.54, 1.807) is 12.1 Å². The number of ketones is 1. The van der Waals surface area contributed by atoms with Gasteiger partial charge in [0.1, 0.15) is 17.6 Å². The molecule has 3 aliphatic rings. The molecule has 1 aromatic carbocycles. The van der Waals surface area contributed by atoms with Crippen molar-refractivity contribution < 1.29 is 41.4 Å². The molecule has 3 atom stereocenters. The standard InChI is InChI=1S/C23H22ClF3N2O6/c24-12-1-3-17-15(7-12)16(30)8-19(33-17)21(31)29-13-2-4-18(32-10-13)22-28-9-20(34-22)11-5-14(6-11)35-23(25,26)27/h1,3,7,9,11,13-14,18-19H,2,4-6,8,10H2,(H,29,31)/t11-,13-,14+,18+,19-/m1/s1. The molecule has 0 spiro atoms. The summed E-state index contributed by atoms with van der Waals surface area (Å²) in [5.41, 5.74) is 0.362. The number of Topliss-reactive ketones (excluding diaryl/α,β-unsaturated/α-hetero) is 1. The van der Waals surface area contributed by atoms with Crippen molar-refractivity contribution in [3.8, 4) is 5.75 Å². The van der Waals surface area contributed by atoms with E-state index in [0.29, 0.717) is 40.8 Å². The molecule has 35 heavy (non-hydrogen) atoms. The van der Waals surface area contributed by atoms with Crippen LogP contribution < -0.4 is 10.1 Å². The molecule has 1 aliphatic carbocycles. The van der Waals surface area contributed by atoms with Crippen molar-refractivity contribution >= 4 is 23.3 Å². The molecule has 1 amide bonds. The number of amides is 1. The lowest BCUT2D eigenvalue weighted by Crippen LogP contribution is -2.48. The molecule has 3 heterocycles. The van der Waals surface area contributed by atoms with Crippen LogP contribution in [-0.2, 0) is 14.3 Å². The molecular weight excluding hydrogens is 493 g/mol. The Kier molecular flexibility index (Phi) is 6.49. The number of rotatable bonds is 5. The Morgan fingerprint density at radius 3 is 2.74 bits per heavy atom. The highest BCUT2D eigenvalue weighted by atomic mass is 35.5. The number of carbonyl (C=O) groups excluding carboxylic acids is 2. The van der Waals surface area contributed by atoms with Gasteiger partial charge in [0, 0.05) is 10.9 Å². The first-order valence-corrected chi connectivity index (χ1v) is 11.6. The zero-order valence-corrected chi connectivity index (χ0v) is 19.1. The zero-order chi connectivity index (χ0) is 24.7. The number of carbonyl (C=O) groups is 2. The van der Waals surface area contributed by atoms with Crippen LogP contribution in [0.15, 0.2) is 28.8 Å². The number of fused-ring (bicyclic) bond motifs is 1. The lowest BCUT2D eigenvalue weighted by atomic mass is 9.81. The average Bonchev–Trinajstić information content (AvgIpc) is 3.26. The molecule has 1 N–H and O–H groups in total. The van der Waals surface area contributed by atoms with Crippen LogP contribution in [0, 0.1) is 0 Å². The van der Waals surface area contributed by atoms with Gasteiger partial charge in [-0.2, -0.15) is 0 Å². The SMILES string of the molecule is O=C1C[C@H](C(=O)N[C@@H]2CC[C@@H](c3ncc([C@H]4C[C@@H](OC(F)(F)F)C4)o3)OC2)Oc2ccc(Cl)cc21. The molecule has 188 valence electrons. The number of halogens is 4. The molecule has 2 fully saturated rings. The number of nitrogens with one attached hydrogen (secondary N) is 1. The molecule has 1 saturated carbocycles. The van der Waals surface area contributed by atoms with Crippen LogP contribution >= 0.6 is 11.6 Å². The largest absolute Gasteiger partial charge is 0.522 e. The third-order valence-electron chi connectivity index (χ3n) is 6.41. The Hall–Kier alpha value is -2.63. The Morgan fingerprint density at radius 2 is 2.03 bits per heavy atom. The van der Waals surface area contributed by atoms with Crippen molar-refractivity contribution in [2.45, 2.75) is 68.7 Å². The van der Waals surface area contributed by atoms with E-state index in [1.807, 2.05) is 0 Å².